The van der Waals surface area contributed by atoms with E-state index in [1.165, 1.54) is 11.1 Å². The van der Waals surface area contributed by atoms with Crippen LogP contribution in [-0.2, 0) is 0 Å². The molecule has 0 N–H and O–H groups in total. The minimum absolute atomic E-state index is 0.125. The van der Waals surface area contributed by atoms with Crippen molar-refractivity contribution in [1.82, 2.24) is 0 Å². The van der Waals surface area contributed by atoms with Crippen molar-refractivity contribution in [3.05, 3.63) is 70.8 Å². The summed E-state index contributed by atoms with van der Waals surface area (Å²) in [6.45, 7) is 5.57. The summed E-state index contributed by atoms with van der Waals surface area (Å²) in [5.41, 5.74) is 3.89. The van der Waals surface area contributed by atoms with Gasteiger partial charge in [-0.15, -0.1) is 0 Å². The first kappa shape index (κ1) is 14.8. The molecular weight excluding hydrogens is 236 g/mol. The van der Waals surface area contributed by atoms with Crippen LogP contribution in [0, 0.1) is 13.8 Å². The van der Waals surface area contributed by atoms with Crippen molar-refractivity contribution in [2.24, 2.45) is 0 Å². The first-order valence-corrected chi connectivity index (χ1v) is 6.12. The van der Waals surface area contributed by atoms with Crippen LogP contribution in [0.4, 0.5) is 0 Å². The molecule has 0 fully saturated rings. The zero-order valence-corrected chi connectivity index (χ0v) is 11.5. The molecule has 0 aromatic heterocycles. The van der Waals surface area contributed by atoms with Crippen molar-refractivity contribution in [2.45, 2.75) is 20.8 Å². The Balaban J connectivity index is 0.000000191. The lowest BCUT2D eigenvalue weighted by molar-refractivity contribution is 0.101. The highest BCUT2D eigenvalue weighted by atomic mass is 16.1. The molecule has 0 aliphatic carbocycles. The van der Waals surface area contributed by atoms with Crippen LogP contribution >= 0.6 is 0 Å². The molecule has 0 aliphatic rings. The normalized spacial score (nSPS) is 9.21. The van der Waals surface area contributed by atoms with E-state index in [4.69, 9.17) is 0 Å². The van der Waals surface area contributed by atoms with E-state index in [9.17, 15) is 9.59 Å². The van der Waals surface area contributed by atoms with Crippen LogP contribution in [0.15, 0.2) is 48.5 Å². The fourth-order valence-corrected chi connectivity index (χ4v) is 1.43. The molecule has 98 valence electrons. The Morgan fingerprint density at radius 1 is 0.842 bits per heavy atom. The Kier molecular flexibility index (Phi) is 5.68. The highest BCUT2D eigenvalue weighted by Gasteiger charge is 1.95. The van der Waals surface area contributed by atoms with Crippen molar-refractivity contribution < 1.29 is 9.59 Å². The SMILES string of the molecule is CC(=O)c1ccc(C)cc1.Cc1ccc(C=O)cc1. The average Bonchev–Trinajstić information content (AvgIpc) is 2.41. The molecule has 0 unspecified atom stereocenters. The minimum atomic E-state index is 0.125. The molecule has 2 heteroatoms. The predicted octanol–water partition coefficient (Wildman–Crippen LogP) is 4.01. The van der Waals surface area contributed by atoms with E-state index < -0.39 is 0 Å². The van der Waals surface area contributed by atoms with Gasteiger partial charge in [-0.3, -0.25) is 9.59 Å². The summed E-state index contributed by atoms with van der Waals surface area (Å²) in [7, 11) is 0. The van der Waals surface area contributed by atoms with Gasteiger partial charge in [0, 0.05) is 11.1 Å². The van der Waals surface area contributed by atoms with Crippen LogP contribution in [0.3, 0.4) is 0 Å². The summed E-state index contributed by atoms with van der Waals surface area (Å²) in [5.74, 6) is 0.125. The van der Waals surface area contributed by atoms with Crippen LogP contribution in [0.5, 0.6) is 0 Å². The van der Waals surface area contributed by atoms with Crippen LogP contribution in [0.25, 0.3) is 0 Å². The monoisotopic (exact) mass is 254 g/mol. The number of carbonyl (C=O) groups is 2. The summed E-state index contributed by atoms with van der Waals surface area (Å²) in [5, 5.41) is 0. The number of hydrogen-bond acceptors (Lipinski definition) is 2. The molecule has 0 radical (unpaired) electrons. The Morgan fingerprint density at radius 2 is 1.26 bits per heavy atom. The Labute approximate surface area is 114 Å². The maximum Gasteiger partial charge on any atom is 0.159 e. The number of aldehydes is 1. The highest BCUT2D eigenvalue weighted by Crippen LogP contribution is 2.02. The number of benzene rings is 2. The van der Waals surface area contributed by atoms with Crippen molar-refractivity contribution in [3.63, 3.8) is 0 Å². The van der Waals surface area contributed by atoms with Crippen molar-refractivity contribution in [2.75, 3.05) is 0 Å². The molecular formula is C17H18O2. The van der Waals surface area contributed by atoms with Gasteiger partial charge < -0.3 is 0 Å². The zero-order chi connectivity index (χ0) is 14.3. The lowest BCUT2D eigenvalue weighted by Gasteiger charge is -1.93. The quantitative estimate of drug-likeness (QED) is 0.599. The van der Waals surface area contributed by atoms with Gasteiger partial charge >= 0.3 is 0 Å². The fourth-order valence-electron chi connectivity index (χ4n) is 1.43. The molecule has 0 aliphatic heterocycles. The third-order valence-electron chi connectivity index (χ3n) is 2.67. The Hall–Kier alpha value is -2.22. The largest absolute Gasteiger partial charge is 0.298 e. The van der Waals surface area contributed by atoms with E-state index >= 15 is 0 Å². The van der Waals surface area contributed by atoms with E-state index in [-0.39, 0.29) is 5.78 Å². The van der Waals surface area contributed by atoms with E-state index in [2.05, 4.69) is 0 Å². The third-order valence-corrected chi connectivity index (χ3v) is 2.67. The number of rotatable bonds is 2. The molecule has 0 heterocycles. The summed E-state index contributed by atoms with van der Waals surface area (Å²) in [4.78, 5) is 20.9. The fraction of sp³-hybridized carbons (Fsp3) is 0.176. The van der Waals surface area contributed by atoms with E-state index in [0.29, 0.717) is 0 Å². The van der Waals surface area contributed by atoms with Crippen LogP contribution in [0.2, 0.25) is 0 Å². The predicted molar refractivity (Wildman–Crippen MR) is 77.8 cm³/mol. The maximum absolute atomic E-state index is 10.8. The Morgan fingerprint density at radius 3 is 1.63 bits per heavy atom. The topological polar surface area (TPSA) is 34.1 Å². The molecule has 2 rings (SSSR count). The summed E-state index contributed by atoms with van der Waals surface area (Å²) < 4.78 is 0. The standard InChI is InChI=1S/C9H10O.C8H8O/c1-7-3-5-9(6-4-7)8(2)10;1-7-2-4-8(6-9)5-3-7/h3-6H,1-2H3;2-6H,1H3. The number of aryl methyl sites for hydroxylation is 2. The van der Waals surface area contributed by atoms with Crippen molar-refractivity contribution in [1.29, 1.82) is 0 Å². The second-order valence-electron chi connectivity index (χ2n) is 4.45. The molecule has 0 spiro atoms. The molecule has 0 atom stereocenters. The van der Waals surface area contributed by atoms with E-state index in [1.54, 1.807) is 6.92 Å². The summed E-state index contributed by atoms with van der Waals surface area (Å²) in [6, 6.07) is 15.0. The van der Waals surface area contributed by atoms with E-state index in [0.717, 1.165) is 17.4 Å². The van der Waals surface area contributed by atoms with Gasteiger partial charge in [-0.1, -0.05) is 59.7 Å². The number of hydrogen-bond donors (Lipinski definition) is 0. The first-order valence-electron chi connectivity index (χ1n) is 6.12. The number of ketones is 1. The van der Waals surface area contributed by atoms with Gasteiger partial charge in [0.1, 0.15) is 6.29 Å². The van der Waals surface area contributed by atoms with Crippen molar-refractivity contribution >= 4 is 12.1 Å². The molecule has 19 heavy (non-hydrogen) atoms. The van der Waals surface area contributed by atoms with Gasteiger partial charge in [0.25, 0.3) is 0 Å². The minimum Gasteiger partial charge on any atom is -0.298 e. The number of Topliss-reactive ketones (excluding diaryl/α,β-unsaturated/α-hetero) is 1. The third kappa shape index (κ3) is 5.30. The van der Waals surface area contributed by atoms with Gasteiger partial charge in [0.05, 0.1) is 0 Å². The van der Waals surface area contributed by atoms with Crippen LogP contribution < -0.4 is 0 Å². The summed E-state index contributed by atoms with van der Waals surface area (Å²) in [6.07, 6.45) is 0.847. The lowest BCUT2D eigenvalue weighted by atomic mass is 10.1. The second kappa shape index (κ2) is 7.27. The highest BCUT2D eigenvalue weighted by molar-refractivity contribution is 5.93. The smallest absolute Gasteiger partial charge is 0.159 e. The molecule has 0 amide bonds. The van der Waals surface area contributed by atoms with E-state index in [1.807, 2.05) is 62.4 Å². The Bertz CT molecular complexity index is 536. The van der Waals surface area contributed by atoms with Gasteiger partial charge in [0.2, 0.25) is 0 Å². The molecule has 2 nitrogen and oxygen atoms in total. The molecule has 2 aromatic carbocycles. The average molecular weight is 254 g/mol. The van der Waals surface area contributed by atoms with Crippen molar-refractivity contribution in [3.8, 4) is 0 Å². The van der Waals surface area contributed by atoms with Gasteiger partial charge in [-0.05, 0) is 20.8 Å². The molecule has 0 saturated carbocycles. The number of carbonyl (C=O) groups excluding carboxylic acids is 2. The van der Waals surface area contributed by atoms with Gasteiger partial charge in [-0.25, -0.2) is 0 Å². The second-order valence-corrected chi connectivity index (χ2v) is 4.45. The molecule has 0 saturated heterocycles. The van der Waals surface area contributed by atoms with Crippen LogP contribution in [0.1, 0.15) is 38.8 Å². The molecule has 2 aromatic rings. The molecule has 0 bridgehead atoms. The summed E-state index contributed by atoms with van der Waals surface area (Å²) >= 11 is 0. The zero-order valence-electron chi connectivity index (χ0n) is 11.5. The lowest BCUT2D eigenvalue weighted by Crippen LogP contribution is -1.90. The van der Waals surface area contributed by atoms with Crippen LogP contribution in [-0.4, -0.2) is 12.1 Å². The maximum atomic E-state index is 10.8. The van der Waals surface area contributed by atoms with Gasteiger partial charge in [-0.2, -0.15) is 0 Å². The van der Waals surface area contributed by atoms with Gasteiger partial charge in [0.15, 0.2) is 5.78 Å². The first-order chi connectivity index (χ1) is 9.02.